The fourth-order valence-corrected chi connectivity index (χ4v) is 5.61. The van der Waals surface area contributed by atoms with Gasteiger partial charge in [-0.15, -0.1) is 0 Å². The van der Waals surface area contributed by atoms with Crippen LogP contribution in [-0.4, -0.2) is 46.5 Å². The van der Waals surface area contributed by atoms with E-state index in [0.717, 1.165) is 5.75 Å². The molecule has 7 heteroatoms. The van der Waals surface area contributed by atoms with Crippen molar-refractivity contribution < 1.29 is 8.42 Å². The number of aryl methyl sites for hydroxylation is 2. The highest BCUT2D eigenvalue weighted by atomic mass is 32.2. The van der Waals surface area contributed by atoms with Gasteiger partial charge in [-0.3, -0.25) is 5.10 Å². The third-order valence-electron chi connectivity index (χ3n) is 3.45. The Labute approximate surface area is 112 Å². The van der Waals surface area contributed by atoms with Crippen molar-refractivity contribution in [2.75, 3.05) is 12.3 Å². The molecule has 5 nitrogen and oxygen atoms in total. The number of nitrogens with zero attached hydrogens (tertiary/aromatic N) is 2. The van der Waals surface area contributed by atoms with Gasteiger partial charge in [0, 0.05) is 23.6 Å². The van der Waals surface area contributed by atoms with Gasteiger partial charge < -0.3 is 0 Å². The van der Waals surface area contributed by atoms with E-state index in [-0.39, 0.29) is 6.04 Å². The van der Waals surface area contributed by atoms with E-state index in [0.29, 0.717) is 28.1 Å². The maximum absolute atomic E-state index is 12.7. The summed E-state index contributed by atoms with van der Waals surface area (Å²) < 4.78 is 27.0. The fraction of sp³-hybridized carbons (Fsp3) is 0.727. The molecular weight excluding hydrogens is 270 g/mol. The first kappa shape index (κ1) is 13.9. The molecule has 1 fully saturated rings. The van der Waals surface area contributed by atoms with Crippen molar-refractivity contribution in [2.24, 2.45) is 0 Å². The lowest BCUT2D eigenvalue weighted by molar-refractivity contribution is 0.340. The molecule has 2 heterocycles. The van der Waals surface area contributed by atoms with Crippen molar-refractivity contribution in [2.45, 2.75) is 43.9 Å². The summed E-state index contributed by atoms with van der Waals surface area (Å²) in [4.78, 5) is 0.341. The van der Waals surface area contributed by atoms with Crippen LogP contribution in [0.5, 0.6) is 0 Å². The Bertz CT molecular complexity index is 519. The lowest BCUT2D eigenvalue weighted by atomic mass is 10.2. The van der Waals surface area contributed by atoms with Crippen molar-refractivity contribution in [3.05, 3.63) is 11.4 Å². The molecule has 0 aliphatic carbocycles. The second-order valence-electron chi connectivity index (χ2n) is 4.70. The maximum Gasteiger partial charge on any atom is 0.247 e. The minimum atomic E-state index is -3.44. The Kier molecular flexibility index (Phi) is 3.75. The summed E-state index contributed by atoms with van der Waals surface area (Å²) in [6.07, 6.45) is 0. The molecule has 1 aliphatic heterocycles. The third-order valence-corrected chi connectivity index (χ3v) is 7.04. The quantitative estimate of drug-likeness (QED) is 0.897. The zero-order chi connectivity index (χ0) is 13.5. The second-order valence-corrected chi connectivity index (χ2v) is 8.01. The molecule has 0 spiro atoms. The van der Waals surface area contributed by atoms with Crippen LogP contribution >= 0.6 is 11.8 Å². The van der Waals surface area contributed by atoms with E-state index in [9.17, 15) is 8.42 Å². The van der Waals surface area contributed by atoms with Crippen molar-refractivity contribution in [1.82, 2.24) is 14.5 Å². The van der Waals surface area contributed by atoms with Crippen LogP contribution in [0.15, 0.2) is 4.90 Å². The van der Waals surface area contributed by atoms with Crippen molar-refractivity contribution in [3.8, 4) is 0 Å². The highest BCUT2D eigenvalue weighted by Gasteiger charge is 2.37. The number of H-pyrrole nitrogens is 1. The summed E-state index contributed by atoms with van der Waals surface area (Å²) >= 11 is 1.82. The zero-order valence-corrected chi connectivity index (χ0v) is 12.7. The molecule has 2 atom stereocenters. The first-order valence-corrected chi connectivity index (χ1v) is 8.49. The normalized spacial score (nSPS) is 26.4. The van der Waals surface area contributed by atoms with Gasteiger partial charge in [0.05, 0.1) is 11.4 Å². The average molecular weight is 289 g/mol. The lowest BCUT2D eigenvalue weighted by Gasteiger charge is -2.36. The van der Waals surface area contributed by atoms with Crippen LogP contribution in [0.25, 0.3) is 0 Å². The molecule has 1 aromatic heterocycles. The average Bonchev–Trinajstić information content (AvgIpc) is 2.62. The molecule has 0 radical (unpaired) electrons. The van der Waals surface area contributed by atoms with E-state index in [1.165, 1.54) is 0 Å². The Balaban J connectivity index is 2.43. The van der Waals surface area contributed by atoms with Crippen LogP contribution < -0.4 is 0 Å². The monoisotopic (exact) mass is 289 g/mol. The van der Waals surface area contributed by atoms with Crippen LogP contribution in [-0.2, 0) is 10.0 Å². The van der Waals surface area contributed by atoms with Crippen LogP contribution in [0.3, 0.4) is 0 Å². The largest absolute Gasteiger partial charge is 0.281 e. The number of hydrogen-bond donors (Lipinski definition) is 1. The molecule has 2 rings (SSSR count). The van der Waals surface area contributed by atoms with Crippen LogP contribution in [0.4, 0.5) is 0 Å². The fourth-order valence-electron chi connectivity index (χ4n) is 2.28. The van der Waals surface area contributed by atoms with Gasteiger partial charge in [0.1, 0.15) is 4.90 Å². The van der Waals surface area contributed by atoms with Gasteiger partial charge in [-0.05, 0) is 20.8 Å². The maximum atomic E-state index is 12.7. The van der Waals surface area contributed by atoms with E-state index in [1.54, 1.807) is 18.2 Å². The van der Waals surface area contributed by atoms with Gasteiger partial charge in [0.25, 0.3) is 0 Å². The Morgan fingerprint density at radius 2 is 2.06 bits per heavy atom. The summed E-state index contributed by atoms with van der Waals surface area (Å²) in [5.41, 5.74) is 1.16. The zero-order valence-electron chi connectivity index (χ0n) is 11.1. The summed E-state index contributed by atoms with van der Waals surface area (Å²) in [7, 11) is -3.44. The number of thioether (sulfide) groups is 1. The predicted molar refractivity (Wildman–Crippen MR) is 73.3 cm³/mol. The van der Waals surface area contributed by atoms with Gasteiger partial charge >= 0.3 is 0 Å². The van der Waals surface area contributed by atoms with E-state index in [4.69, 9.17) is 0 Å². The van der Waals surface area contributed by atoms with Gasteiger partial charge in [-0.2, -0.15) is 21.2 Å². The summed E-state index contributed by atoms with van der Waals surface area (Å²) in [5, 5.41) is 7.05. The van der Waals surface area contributed by atoms with Crippen LogP contribution in [0.1, 0.15) is 25.2 Å². The Hall–Kier alpha value is -0.530. The second kappa shape index (κ2) is 4.86. The number of nitrogens with one attached hydrogen (secondary N) is 1. The molecule has 0 amide bonds. The number of sulfonamides is 1. The molecule has 1 saturated heterocycles. The standard InChI is InChI=1S/C11H19N3O2S2/c1-7-11(8(2)13-12-7)18(15,16)14-5-6-17-10(4)9(14)3/h9-10H,5-6H2,1-4H3,(H,12,13). The van der Waals surface area contributed by atoms with E-state index in [1.807, 2.05) is 18.7 Å². The number of hydrogen-bond acceptors (Lipinski definition) is 4. The van der Waals surface area contributed by atoms with Crippen LogP contribution in [0, 0.1) is 13.8 Å². The molecule has 1 aromatic rings. The van der Waals surface area contributed by atoms with Gasteiger partial charge in [-0.1, -0.05) is 6.92 Å². The molecule has 0 saturated carbocycles. The summed E-state index contributed by atoms with van der Waals surface area (Å²) in [6.45, 7) is 8.09. The van der Waals surface area contributed by atoms with Crippen molar-refractivity contribution in [1.29, 1.82) is 0 Å². The minimum absolute atomic E-state index is 0.0162. The smallest absolute Gasteiger partial charge is 0.247 e. The topological polar surface area (TPSA) is 66.1 Å². The third kappa shape index (κ3) is 2.19. The molecule has 1 aliphatic rings. The molecule has 18 heavy (non-hydrogen) atoms. The van der Waals surface area contributed by atoms with Gasteiger partial charge in [-0.25, -0.2) is 8.42 Å². The highest BCUT2D eigenvalue weighted by molar-refractivity contribution is 8.00. The highest BCUT2D eigenvalue weighted by Crippen LogP contribution is 2.31. The Morgan fingerprint density at radius 3 is 2.61 bits per heavy atom. The van der Waals surface area contributed by atoms with E-state index in [2.05, 4.69) is 17.1 Å². The lowest BCUT2D eigenvalue weighted by Crippen LogP contribution is -2.48. The first-order chi connectivity index (χ1) is 8.35. The number of rotatable bonds is 2. The minimum Gasteiger partial charge on any atom is -0.281 e. The molecule has 1 N–H and O–H groups in total. The molecular formula is C11H19N3O2S2. The SMILES string of the molecule is Cc1n[nH]c(C)c1S(=O)(=O)N1CCSC(C)C1C. The number of aromatic nitrogens is 2. The molecule has 0 bridgehead atoms. The predicted octanol–water partition coefficient (Wildman–Crippen LogP) is 1.54. The molecule has 102 valence electrons. The van der Waals surface area contributed by atoms with Crippen molar-refractivity contribution >= 4 is 21.8 Å². The van der Waals surface area contributed by atoms with E-state index >= 15 is 0 Å². The molecule has 2 unspecified atom stereocenters. The van der Waals surface area contributed by atoms with Crippen molar-refractivity contribution in [3.63, 3.8) is 0 Å². The van der Waals surface area contributed by atoms with Gasteiger partial charge in [0.2, 0.25) is 10.0 Å². The summed E-state index contributed by atoms with van der Waals surface area (Å²) in [6, 6.07) is 0.0162. The number of aromatic amines is 1. The first-order valence-electron chi connectivity index (χ1n) is 6.00. The van der Waals surface area contributed by atoms with E-state index < -0.39 is 10.0 Å². The molecule has 0 aromatic carbocycles. The van der Waals surface area contributed by atoms with Crippen LogP contribution in [0.2, 0.25) is 0 Å². The van der Waals surface area contributed by atoms with Gasteiger partial charge in [0.15, 0.2) is 0 Å². The Morgan fingerprint density at radius 1 is 1.39 bits per heavy atom. The summed E-state index contributed by atoms with van der Waals surface area (Å²) in [5.74, 6) is 0.848.